The Hall–Kier alpha value is -0.850. The molecule has 6 nitrogen and oxygen atoms in total. The fourth-order valence-electron chi connectivity index (χ4n) is 2.78. The summed E-state index contributed by atoms with van der Waals surface area (Å²) in [6.07, 6.45) is 3.98. The zero-order valence-corrected chi connectivity index (χ0v) is 14.5. The quantitative estimate of drug-likeness (QED) is 0.619. The minimum absolute atomic E-state index is 0. The van der Waals surface area contributed by atoms with E-state index in [4.69, 9.17) is 5.11 Å². The Morgan fingerprint density at radius 2 is 1.91 bits per heavy atom. The molecule has 0 saturated carbocycles. The van der Waals surface area contributed by atoms with E-state index < -0.39 is 5.97 Å². The molecule has 0 spiro atoms. The first-order chi connectivity index (χ1) is 10.1. The second kappa shape index (κ2) is 11.7. The molecule has 130 valence electrons. The van der Waals surface area contributed by atoms with E-state index >= 15 is 0 Å². The van der Waals surface area contributed by atoms with Crippen LogP contribution in [0.1, 0.15) is 39.5 Å². The summed E-state index contributed by atoms with van der Waals surface area (Å²) in [4.78, 5) is 26.8. The van der Waals surface area contributed by atoms with Crippen LogP contribution in [0.25, 0.3) is 0 Å². The SMILES string of the molecule is CCCCNC(=O)CN1CCC(N(CC)CC(=O)O)CC1.Cl. The molecule has 1 fully saturated rings. The van der Waals surface area contributed by atoms with Gasteiger partial charge in [0.15, 0.2) is 0 Å². The molecule has 1 rings (SSSR count). The maximum absolute atomic E-state index is 11.8. The fourth-order valence-corrected chi connectivity index (χ4v) is 2.78. The molecule has 0 aliphatic carbocycles. The first-order valence-electron chi connectivity index (χ1n) is 8.01. The second-order valence-electron chi connectivity index (χ2n) is 5.67. The highest BCUT2D eigenvalue weighted by Crippen LogP contribution is 2.16. The third-order valence-corrected chi connectivity index (χ3v) is 4.04. The van der Waals surface area contributed by atoms with Gasteiger partial charge in [0.25, 0.3) is 0 Å². The van der Waals surface area contributed by atoms with Crippen LogP contribution in [0.15, 0.2) is 0 Å². The van der Waals surface area contributed by atoms with E-state index in [1.807, 2.05) is 11.8 Å². The minimum Gasteiger partial charge on any atom is -0.480 e. The maximum atomic E-state index is 11.8. The topological polar surface area (TPSA) is 72.9 Å². The van der Waals surface area contributed by atoms with Crippen LogP contribution in [0.2, 0.25) is 0 Å². The number of aliphatic carboxylic acids is 1. The van der Waals surface area contributed by atoms with Gasteiger partial charge in [0, 0.05) is 25.7 Å². The first kappa shape index (κ1) is 21.1. The molecule has 0 aromatic heterocycles. The summed E-state index contributed by atoms with van der Waals surface area (Å²) in [6.45, 7) is 7.91. The fraction of sp³-hybridized carbons (Fsp3) is 0.867. The van der Waals surface area contributed by atoms with Gasteiger partial charge in [-0.15, -0.1) is 12.4 Å². The molecule has 0 bridgehead atoms. The molecule has 0 aromatic rings. The molecule has 1 heterocycles. The van der Waals surface area contributed by atoms with E-state index in [2.05, 4.69) is 17.1 Å². The molecule has 0 radical (unpaired) electrons. The van der Waals surface area contributed by atoms with Gasteiger partial charge in [-0.05, 0) is 25.8 Å². The molecule has 1 aliphatic rings. The molecule has 1 amide bonds. The predicted molar refractivity (Wildman–Crippen MR) is 89.5 cm³/mol. The molecule has 1 aliphatic heterocycles. The number of likely N-dealkylation sites (N-methyl/N-ethyl adjacent to an activating group) is 1. The van der Waals surface area contributed by atoms with Crippen molar-refractivity contribution >= 4 is 24.3 Å². The Balaban J connectivity index is 0.00000441. The lowest BCUT2D eigenvalue weighted by Crippen LogP contribution is -2.48. The number of hydrogen-bond donors (Lipinski definition) is 2. The van der Waals surface area contributed by atoms with Gasteiger partial charge in [-0.2, -0.15) is 0 Å². The number of nitrogens with zero attached hydrogens (tertiary/aromatic N) is 2. The van der Waals surface area contributed by atoms with Gasteiger partial charge in [-0.1, -0.05) is 20.3 Å². The summed E-state index contributed by atoms with van der Waals surface area (Å²) in [7, 11) is 0. The van der Waals surface area contributed by atoms with Gasteiger partial charge in [0.05, 0.1) is 13.1 Å². The Kier molecular flexibility index (Phi) is 11.2. The predicted octanol–water partition coefficient (Wildman–Crippen LogP) is 1.20. The van der Waals surface area contributed by atoms with E-state index in [1.165, 1.54) is 0 Å². The van der Waals surface area contributed by atoms with Gasteiger partial charge in [-0.25, -0.2) is 0 Å². The van der Waals surface area contributed by atoms with E-state index in [1.54, 1.807) is 0 Å². The van der Waals surface area contributed by atoms with Crippen molar-refractivity contribution in [3.05, 3.63) is 0 Å². The van der Waals surface area contributed by atoms with Gasteiger partial charge in [0.1, 0.15) is 0 Å². The van der Waals surface area contributed by atoms with Crippen molar-refractivity contribution in [1.29, 1.82) is 0 Å². The average Bonchev–Trinajstić information content (AvgIpc) is 2.46. The molecule has 0 atom stereocenters. The van der Waals surface area contributed by atoms with Crippen molar-refractivity contribution < 1.29 is 14.7 Å². The number of carboxylic acid groups (broad SMARTS) is 1. The average molecular weight is 336 g/mol. The van der Waals surface area contributed by atoms with Crippen LogP contribution in [0, 0.1) is 0 Å². The maximum Gasteiger partial charge on any atom is 0.317 e. The highest BCUT2D eigenvalue weighted by atomic mass is 35.5. The zero-order valence-electron chi connectivity index (χ0n) is 13.7. The number of halogens is 1. The smallest absolute Gasteiger partial charge is 0.317 e. The summed E-state index contributed by atoms with van der Waals surface area (Å²) in [6, 6.07) is 0.325. The van der Waals surface area contributed by atoms with E-state index in [9.17, 15) is 9.59 Å². The van der Waals surface area contributed by atoms with E-state index in [-0.39, 0.29) is 24.9 Å². The number of rotatable bonds is 9. The number of carbonyl (C=O) groups excluding carboxylic acids is 1. The van der Waals surface area contributed by atoms with Crippen molar-refractivity contribution in [2.45, 2.75) is 45.6 Å². The van der Waals surface area contributed by atoms with Crippen LogP contribution in [0.4, 0.5) is 0 Å². The number of nitrogens with one attached hydrogen (secondary N) is 1. The van der Waals surface area contributed by atoms with Crippen LogP contribution >= 0.6 is 12.4 Å². The van der Waals surface area contributed by atoms with Crippen LogP contribution in [-0.2, 0) is 9.59 Å². The van der Waals surface area contributed by atoms with E-state index in [0.29, 0.717) is 12.6 Å². The molecule has 1 saturated heterocycles. The van der Waals surface area contributed by atoms with Crippen molar-refractivity contribution in [1.82, 2.24) is 15.1 Å². The third-order valence-electron chi connectivity index (χ3n) is 4.04. The lowest BCUT2D eigenvalue weighted by Gasteiger charge is -2.37. The van der Waals surface area contributed by atoms with Crippen LogP contribution in [-0.4, -0.2) is 72.1 Å². The first-order valence-corrected chi connectivity index (χ1v) is 8.01. The van der Waals surface area contributed by atoms with Gasteiger partial charge in [0.2, 0.25) is 5.91 Å². The standard InChI is InChI=1S/C15H29N3O3.ClH/c1-3-5-8-16-14(19)11-17-9-6-13(7-10-17)18(4-2)12-15(20)21;/h13H,3-12H2,1-2H3,(H,16,19)(H,20,21);1H. The van der Waals surface area contributed by atoms with Gasteiger partial charge in [-0.3, -0.25) is 19.4 Å². The zero-order chi connectivity index (χ0) is 15.7. The number of hydrogen-bond acceptors (Lipinski definition) is 4. The normalized spacial score (nSPS) is 16.3. The third kappa shape index (κ3) is 7.96. The molecule has 0 aromatic carbocycles. The Morgan fingerprint density at radius 3 is 2.41 bits per heavy atom. The monoisotopic (exact) mass is 335 g/mol. The Bertz CT molecular complexity index is 334. The molecule has 2 N–H and O–H groups in total. The van der Waals surface area contributed by atoms with Crippen LogP contribution in [0.3, 0.4) is 0 Å². The number of piperidine rings is 1. The van der Waals surface area contributed by atoms with Crippen LogP contribution < -0.4 is 5.32 Å². The molecule has 7 heteroatoms. The number of amides is 1. The highest BCUT2D eigenvalue weighted by Gasteiger charge is 2.25. The number of carboxylic acids is 1. The summed E-state index contributed by atoms with van der Waals surface area (Å²) in [5, 5.41) is 11.8. The van der Waals surface area contributed by atoms with Crippen molar-refractivity contribution in [2.75, 3.05) is 39.3 Å². The number of likely N-dealkylation sites (tertiary alicyclic amines) is 1. The minimum atomic E-state index is -0.769. The second-order valence-corrected chi connectivity index (χ2v) is 5.67. The summed E-state index contributed by atoms with van der Waals surface area (Å²) in [5.41, 5.74) is 0. The van der Waals surface area contributed by atoms with Gasteiger partial charge >= 0.3 is 5.97 Å². The van der Waals surface area contributed by atoms with Crippen LogP contribution in [0.5, 0.6) is 0 Å². The molecule has 22 heavy (non-hydrogen) atoms. The lowest BCUT2D eigenvalue weighted by atomic mass is 10.0. The molecular weight excluding hydrogens is 306 g/mol. The molecule has 0 unspecified atom stereocenters. The summed E-state index contributed by atoms with van der Waals surface area (Å²) in [5.74, 6) is -0.672. The van der Waals surface area contributed by atoms with Crippen molar-refractivity contribution in [3.63, 3.8) is 0 Å². The van der Waals surface area contributed by atoms with Crippen molar-refractivity contribution in [3.8, 4) is 0 Å². The summed E-state index contributed by atoms with van der Waals surface area (Å²) >= 11 is 0. The van der Waals surface area contributed by atoms with E-state index in [0.717, 1.165) is 51.9 Å². The lowest BCUT2D eigenvalue weighted by molar-refractivity contribution is -0.139. The Morgan fingerprint density at radius 1 is 1.27 bits per heavy atom. The summed E-state index contributed by atoms with van der Waals surface area (Å²) < 4.78 is 0. The Labute approximate surface area is 139 Å². The largest absolute Gasteiger partial charge is 0.480 e. The molecular formula is C15H30ClN3O3. The van der Waals surface area contributed by atoms with Crippen molar-refractivity contribution in [2.24, 2.45) is 0 Å². The number of carbonyl (C=O) groups is 2. The van der Waals surface area contributed by atoms with Gasteiger partial charge < -0.3 is 10.4 Å². The number of unbranched alkanes of at least 4 members (excludes halogenated alkanes) is 1. The highest BCUT2D eigenvalue weighted by molar-refractivity contribution is 5.85.